The lowest BCUT2D eigenvalue weighted by Crippen LogP contribution is -2.06. The lowest BCUT2D eigenvalue weighted by Gasteiger charge is -2.08. The minimum atomic E-state index is 0.682. The molecule has 19 heavy (non-hydrogen) atoms. The molecule has 2 aromatic carbocycles. The van der Waals surface area contributed by atoms with Gasteiger partial charge in [-0.1, -0.05) is 17.7 Å². The van der Waals surface area contributed by atoms with E-state index in [0.717, 1.165) is 21.7 Å². The number of imidazole rings is 1. The maximum Gasteiger partial charge on any atom is 0.0973 e. The van der Waals surface area contributed by atoms with Gasteiger partial charge in [0.25, 0.3) is 0 Å². The van der Waals surface area contributed by atoms with Gasteiger partial charge in [-0.15, -0.1) is 0 Å². The van der Waals surface area contributed by atoms with Crippen LogP contribution in [0.1, 0.15) is 5.56 Å². The Morgan fingerprint density at radius 2 is 1.95 bits per heavy atom. The largest absolute Gasteiger partial charge is 0.367 e. The second kappa shape index (κ2) is 4.94. The van der Waals surface area contributed by atoms with Crippen molar-refractivity contribution in [3.8, 4) is 0 Å². The highest BCUT2D eigenvalue weighted by Crippen LogP contribution is 2.16. The molecule has 0 radical (unpaired) electrons. The molecule has 0 aliphatic heterocycles. The zero-order valence-corrected chi connectivity index (χ0v) is 11.4. The van der Waals surface area contributed by atoms with Gasteiger partial charge in [-0.2, -0.15) is 0 Å². The quantitative estimate of drug-likeness (QED) is 0.778. The number of hydrogen-bond donors (Lipinski definition) is 1. The molecular formula is C15H14ClN3. The molecule has 0 bridgehead atoms. The van der Waals surface area contributed by atoms with Crippen molar-refractivity contribution in [1.82, 2.24) is 9.55 Å². The fourth-order valence-electron chi connectivity index (χ4n) is 2.04. The van der Waals surface area contributed by atoms with Crippen molar-refractivity contribution in [1.29, 1.82) is 0 Å². The van der Waals surface area contributed by atoms with E-state index in [9.17, 15) is 0 Å². The van der Waals surface area contributed by atoms with Crippen molar-refractivity contribution >= 4 is 28.3 Å². The summed E-state index contributed by atoms with van der Waals surface area (Å²) < 4.78 is 2.09. The monoisotopic (exact) mass is 271 g/mol. The third-order valence-electron chi connectivity index (χ3n) is 3.07. The van der Waals surface area contributed by atoms with Crippen LogP contribution in [0.25, 0.3) is 11.0 Å². The average molecular weight is 272 g/mol. The van der Waals surface area contributed by atoms with E-state index in [1.54, 1.807) is 0 Å². The first-order valence-corrected chi connectivity index (χ1v) is 6.51. The number of rotatable bonds is 3. The third kappa shape index (κ3) is 2.56. The van der Waals surface area contributed by atoms with Gasteiger partial charge >= 0.3 is 0 Å². The first-order chi connectivity index (χ1) is 9.22. The van der Waals surface area contributed by atoms with Gasteiger partial charge in [0, 0.05) is 10.7 Å². The van der Waals surface area contributed by atoms with Crippen LogP contribution in [0.4, 0.5) is 5.69 Å². The molecule has 3 aromatic rings. The Kier molecular flexibility index (Phi) is 3.13. The van der Waals surface area contributed by atoms with Gasteiger partial charge in [0.2, 0.25) is 0 Å². The SMILES string of the molecule is Cc1ccc2c(c1)ncn2CNc1ccc(Cl)cc1. The molecule has 1 heterocycles. The number of hydrogen-bond acceptors (Lipinski definition) is 2. The molecule has 3 nitrogen and oxygen atoms in total. The van der Waals surface area contributed by atoms with Crippen LogP contribution in [0.5, 0.6) is 0 Å². The lowest BCUT2D eigenvalue weighted by molar-refractivity contribution is 0.800. The second-order valence-corrected chi connectivity index (χ2v) is 4.98. The number of nitrogens with zero attached hydrogens (tertiary/aromatic N) is 2. The van der Waals surface area contributed by atoms with E-state index in [1.807, 2.05) is 30.6 Å². The standard InChI is InChI=1S/C15H14ClN3/c1-11-2-7-15-14(8-11)18-10-19(15)9-17-13-5-3-12(16)4-6-13/h2-8,10,17H,9H2,1H3. The van der Waals surface area contributed by atoms with Crippen molar-refractivity contribution in [2.45, 2.75) is 13.6 Å². The molecule has 0 unspecified atom stereocenters. The van der Waals surface area contributed by atoms with E-state index >= 15 is 0 Å². The van der Waals surface area contributed by atoms with Crippen LogP contribution in [0, 0.1) is 6.92 Å². The van der Waals surface area contributed by atoms with Crippen LogP contribution in [-0.4, -0.2) is 9.55 Å². The van der Waals surface area contributed by atoms with Gasteiger partial charge in [-0.3, -0.25) is 0 Å². The van der Waals surface area contributed by atoms with Gasteiger partial charge in [-0.05, 0) is 48.9 Å². The van der Waals surface area contributed by atoms with Crippen LogP contribution in [0.2, 0.25) is 5.02 Å². The van der Waals surface area contributed by atoms with Gasteiger partial charge in [0.05, 0.1) is 24.0 Å². The number of anilines is 1. The average Bonchev–Trinajstić information content (AvgIpc) is 2.80. The summed E-state index contributed by atoms with van der Waals surface area (Å²) in [4.78, 5) is 4.41. The zero-order chi connectivity index (χ0) is 13.2. The van der Waals surface area contributed by atoms with Gasteiger partial charge in [0.15, 0.2) is 0 Å². The Hall–Kier alpha value is -2.00. The van der Waals surface area contributed by atoms with Crippen LogP contribution < -0.4 is 5.32 Å². The Bertz CT molecular complexity index is 701. The smallest absolute Gasteiger partial charge is 0.0973 e. The fourth-order valence-corrected chi connectivity index (χ4v) is 2.17. The van der Waals surface area contributed by atoms with Crippen LogP contribution in [-0.2, 0) is 6.67 Å². The minimum absolute atomic E-state index is 0.682. The maximum absolute atomic E-state index is 5.86. The summed E-state index contributed by atoms with van der Waals surface area (Å²) in [5.41, 5.74) is 4.42. The Balaban J connectivity index is 1.80. The summed E-state index contributed by atoms with van der Waals surface area (Å²) in [5.74, 6) is 0. The molecule has 0 spiro atoms. The minimum Gasteiger partial charge on any atom is -0.367 e. The normalized spacial score (nSPS) is 10.8. The molecule has 3 rings (SSSR count). The van der Waals surface area contributed by atoms with Crippen molar-refractivity contribution in [2.24, 2.45) is 0 Å². The molecule has 0 aliphatic carbocycles. The Morgan fingerprint density at radius 1 is 1.16 bits per heavy atom. The Morgan fingerprint density at radius 3 is 2.74 bits per heavy atom. The highest BCUT2D eigenvalue weighted by molar-refractivity contribution is 6.30. The van der Waals surface area contributed by atoms with E-state index in [4.69, 9.17) is 11.6 Å². The van der Waals surface area contributed by atoms with E-state index in [1.165, 1.54) is 5.56 Å². The first kappa shape index (κ1) is 12.1. The maximum atomic E-state index is 5.86. The molecule has 0 aliphatic rings. The summed E-state index contributed by atoms with van der Waals surface area (Å²) in [5, 5.41) is 4.09. The number of aryl methyl sites for hydroxylation is 1. The fraction of sp³-hybridized carbons (Fsp3) is 0.133. The second-order valence-electron chi connectivity index (χ2n) is 4.55. The number of nitrogens with one attached hydrogen (secondary N) is 1. The van der Waals surface area contributed by atoms with Crippen molar-refractivity contribution in [3.63, 3.8) is 0 Å². The third-order valence-corrected chi connectivity index (χ3v) is 3.33. The molecule has 96 valence electrons. The van der Waals surface area contributed by atoms with Crippen LogP contribution in [0.15, 0.2) is 48.8 Å². The molecule has 4 heteroatoms. The van der Waals surface area contributed by atoms with Crippen molar-refractivity contribution < 1.29 is 0 Å². The summed E-state index contributed by atoms with van der Waals surface area (Å²) in [7, 11) is 0. The number of halogens is 1. The summed E-state index contributed by atoms with van der Waals surface area (Å²) in [6.07, 6.45) is 1.85. The van der Waals surface area contributed by atoms with E-state index in [0.29, 0.717) is 6.67 Å². The van der Waals surface area contributed by atoms with Crippen LogP contribution >= 0.6 is 11.6 Å². The number of fused-ring (bicyclic) bond motifs is 1. The van der Waals surface area contributed by atoms with Gasteiger partial charge in [0.1, 0.15) is 0 Å². The van der Waals surface area contributed by atoms with Gasteiger partial charge < -0.3 is 9.88 Å². The van der Waals surface area contributed by atoms with E-state index < -0.39 is 0 Å². The van der Waals surface area contributed by atoms with Gasteiger partial charge in [-0.25, -0.2) is 4.98 Å². The lowest BCUT2D eigenvalue weighted by atomic mass is 10.2. The molecule has 0 amide bonds. The summed E-state index contributed by atoms with van der Waals surface area (Å²) in [6.45, 7) is 2.76. The molecule has 0 fully saturated rings. The highest BCUT2D eigenvalue weighted by Gasteiger charge is 2.02. The number of benzene rings is 2. The van der Waals surface area contributed by atoms with Crippen molar-refractivity contribution in [3.05, 3.63) is 59.4 Å². The number of aromatic nitrogens is 2. The first-order valence-electron chi connectivity index (χ1n) is 6.13. The summed E-state index contributed by atoms with van der Waals surface area (Å²) in [6, 6.07) is 14.0. The topological polar surface area (TPSA) is 29.9 Å². The molecular weight excluding hydrogens is 258 g/mol. The zero-order valence-electron chi connectivity index (χ0n) is 10.6. The summed E-state index contributed by atoms with van der Waals surface area (Å²) >= 11 is 5.86. The highest BCUT2D eigenvalue weighted by atomic mass is 35.5. The predicted octanol–water partition coefficient (Wildman–Crippen LogP) is 4.07. The Labute approximate surface area is 116 Å². The van der Waals surface area contributed by atoms with Crippen LogP contribution in [0.3, 0.4) is 0 Å². The van der Waals surface area contributed by atoms with Crippen molar-refractivity contribution in [2.75, 3.05) is 5.32 Å². The molecule has 0 saturated carbocycles. The molecule has 1 aromatic heterocycles. The van der Waals surface area contributed by atoms with E-state index in [2.05, 4.69) is 40.0 Å². The van der Waals surface area contributed by atoms with E-state index in [-0.39, 0.29) is 0 Å². The molecule has 0 atom stereocenters. The molecule has 0 saturated heterocycles. The predicted molar refractivity (Wildman–Crippen MR) is 79.5 cm³/mol. The molecule has 1 N–H and O–H groups in total.